The van der Waals surface area contributed by atoms with Crippen LogP contribution >= 0.6 is 15.9 Å². The highest BCUT2D eigenvalue weighted by atomic mass is 79.9. The van der Waals surface area contributed by atoms with Crippen molar-refractivity contribution < 1.29 is 0 Å². The van der Waals surface area contributed by atoms with E-state index in [9.17, 15) is 4.79 Å². The van der Waals surface area contributed by atoms with Crippen molar-refractivity contribution in [3.63, 3.8) is 0 Å². The first-order chi connectivity index (χ1) is 17.7. The maximum absolute atomic E-state index is 13.5. The molecule has 5 aromatic rings. The van der Waals surface area contributed by atoms with Crippen LogP contribution in [0.25, 0.3) is 28.2 Å². The number of aromatic nitrogens is 6. The fraction of sp³-hybridized carbons (Fsp3) is 0.214. The number of imidazole rings is 1. The van der Waals surface area contributed by atoms with Gasteiger partial charge < -0.3 is 0 Å². The largest absolute Gasteiger partial charge is 0.333 e. The van der Waals surface area contributed by atoms with Crippen LogP contribution in [-0.2, 0) is 13.0 Å². The number of aromatic amines is 1. The van der Waals surface area contributed by atoms with Gasteiger partial charge in [0.05, 0.1) is 12.2 Å². The summed E-state index contributed by atoms with van der Waals surface area (Å²) in [5, 5.41) is 14.5. The lowest BCUT2D eigenvalue weighted by molar-refractivity contribution is 0.653. The predicted molar refractivity (Wildman–Crippen MR) is 145 cm³/mol. The van der Waals surface area contributed by atoms with Gasteiger partial charge in [0.2, 0.25) is 5.82 Å². The standard InChI is InChI=1S/C28H27BrN6O/c1-2-3-4-9-22-19-35(26-13-8-7-12-25(26)29)28(36)34(22)18-20-14-16-21(17-15-20)23-10-5-6-11-24(23)27-30-32-33-31-27/h5-8,10-17,19H,2-4,9,18H2,1H3,(H,30,31,32,33). The van der Waals surface area contributed by atoms with E-state index in [1.165, 1.54) is 0 Å². The molecular weight excluding hydrogens is 516 g/mol. The maximum atomic E-state index is 13.5. The van der Waals surface area contributed by atoms with E-state index in [1.54, 1.807) is 4.57 Å². The van der Waals surface area contributed by atoms with E-state index >= 15 is 0 Å². The number of halogens is 1. The number of nitrogens with one attached hydrogen (secondary N) is 1. The highest BCUT2D eigenvalue weighted by Gasteiger charge is 2.15. The van der Waals surface area contributed by atoms with Gasteiger partial charge in [-0.1, -0.05) is 80.4 Å². The molecule has 0 saturated carbocycles. The molecule has 8 heteroatoms. The minimum absolute atomic E-state index is 0.0278. The van der Waals surface area contributed by atoms with Gasteiger partial charge in [0.15, 0.2) is 0 Å². The molecule has 1 N–H and O–H groups in total. The van der Waals surface area contributed by atoms with E-state index in [4.69, 9.17) is 0 Å². The summed E-state index contributed by atoms with van der Waals surface area (Å²) in [5.41, 5.74) is 5.95. The van der Waals surface area contributed by atoms with Crippen LogP contribution in [0.2, 0.25) is 0 Å². The second kappa shape index (κ2) is 10.9. The van der Waals surface area contributed by atoms with Gasteiger partial charge in [0, 0.05) is 21.9 Å². The summed E-state index contributed by atoms with van der Waals surface area (Å²) in [4.78, 5) is 13.5. The number of tetrazole rings is 1. The van der Waals surface area contributed by atoms with Crippen molar-refractivity contribution in [1.82, 2.24) is 29.8 Å². The topological polar surface area (TPSA) is 81.4 Å². The summed E-state index contributed by atoms with van der Waals surface area (Å²) in [6, 6.07) is 24.2. The van der Waals surface area contributed by atoms with Gasteiger partial charge in [-0.25, -0.2) is 4.79 Å². The fourth-order valence-corrected chi connectivity index (χ4v) is 4.93. The lowest BCUT2D eigenvalue weighted by atomic mass is 9.98. The molecule has 182 valence electrons. The zero-order valence-corrected chi connectivity index (χ0v) is 21.6. The van der Waals surface area contributed by atoms with Crippen molar-refractivity contribution in [1.29, 1.82) is 0 Å². The monoisotopic (exact) mass is 542 g/mol. The highest BCUT2D eigenvalue weighted by Crippen LogP contribution is 2.30. The number of para-hydroxylation sites is 1. The van der Waals surface area contributed by atoms with Crippen molar-refractivity contribution in [3.05, 3.63) is 105 Å². The molecule has 2 aromatic heterocycles. The van der Waals surface area contributed by atoms with Gasteiger partial charge in [-0.3, -0.25) is 9.13 Å². The summed E-state index contributed by atoms with van der Waals surface area (Å²) in [6.45, 7) is 2.71. The first-order valence-corrected chi connectivity index (χ1v) is 12.9. The number of nitrogens with zero attached hydrogens (tertiary/aromatic N) is 5. The van der Waals surface area contributed by atoms with E-state index in [2.05, 4.69) is 73.8 Å². The molecule has 3 aromatic carbocycles. The molecule has 0 aliphatic rings. The molecule has 0 aliphatic heterocycles. The molecule has 0 saturated heterocycles. The Morgan fingerprint density at radius 1 is 0.917 bits per heavy atom. The molecule has 0 radical (unpaired) electrons. The van der Waals surface area contributed by atoms with E-state index in [1.807, 2.05) is 53.2 Å². The molecule has 0 spiro atoms. The first-order valence-electron chi connectivity index (χ1n) is 12.1. The summed E-state index contributed by atoms with van der Waals surface area (Å²) in [7, 11) is 0. The maximum Gasteiger partial charge on any atom is 0.333 e. The van der Waals surface area contributed by atoms with Gasteiger partial charge in [0.1, 0.15) is 0 Å². The van der Waals surface area contributed by atoms with Crippen LogP contribution < -0.4 is 5.69 Å². The zero-order chi connectivity index (χ0) is 24.9. The van der Waals surface area contributed by atoms with Gasteiger partial charge in [-0.15, -0.1) is 10.2 Å². The minimum Gasteiger partial charge on any atom is -0.292 e. The SMILES string of the molecule is CCCCCc1cn(-c2ccccc2Br)c(=O)n1Cc1ccc(-c2ccccc2-c2nn[nH]n2)cc1. The lowest BCUT2D eigenvalue weighted by Gasteiger charge is -2.10. The van der Waals surface area contributed by atoms with Crippen LogP contribution in [0.5, 0.6) is 0 Å². The Balaban J connectivity index is 1.46. The molecule has 2 heterocycles. The number of H-pyrrole nitrogens is 1. The third-order valence-electron chi connectivity index (χ3n) is 6.33. The first kappa shape index (κ1) is 23.9. The average molecular weight is 543 g/mol. The van der Waals surface area contributed by atoms with E-state index < -0.39 is 0 Å². The molecule has 0 atom stereocenters. The van der Waals surface area contributed by atoms with Crippen LogP contribution in [0.1, 0.15) is 37.4 Å². The Morgan fingerprint density at radius 3 is 2.39 bits per heavy atom. The summed E-state index contributed by atoms with van der Waals surface area (Å²) >= 11 is 3.60. The van der Waals surface area contributed by atoms with Gasteiger partial charge in [-0.2, -0.15) is 5.21 Å². The minimum atomic E-state index is -0.0278. The average Bonchev–Trinajstić information content (AvgIpc) is 3.55. The highest BCUT2D eigenvalue weighted by molar-refractivity contribution is 9.10. The van der Waals surface area contributed by atoms with Crippen molar-refractivity contribution >= 4 is 15.9 Å². The fourth-order valence-electron chi connectivity index (χ4n) is 4.45. The Labute approximate surface area is 218 Å². The molecule has 0 aliphatic carbocycles. The summed E-state index contributed by atoms with van der Waals surface area (Å²) < 4.78 is 4.55. The van der Waals surface area contributed by atoms with Crippen molar-refractivity contribution in [2.45, 2.75) is 39.2 Å². The normalized spacial score (nSPS) is 11.2. The molecule has 5 rings (SSSR count). The van der Waals surface area contributed by atoms with Gasteiger partial charge in [0.25, 0.3) is 0 Å². The second-order valence-electron chi connectivity index (χ2n) is 8.75. The summed E-state index contributed by atoms with van der Waals surface area (Å²) in [5.74, 6) is 0.561. The number of benzene rings is 3. The van der Waals surface area contributed by atoms with Crippen LogP contribution in [0, 0.1) is 0 Å². The number of unbranched alkanes of at least 4 members (excludes halogenated alkanes) is 2. The van der Waals surface area contributed by atoms with Gasteiger partial charge in [-0.05, 0) is 62.8 Å². The molecule has 7 nitrogen and oxygen atoms in total. The van der Waals surface area contributed by atoms with E-state index in [0.29, 0.717) is 12.4 Å². The molecule has 0 unspecified atom stereocenters. The smallest absolute Gasteiger partial charge is 0.292 e. The lowest BCUT2D eigenvalue weighted by Crippen LogP contribution is -2.25. The zero-order valence-electron chi connectivity index (χ0n) is 20.1. The van der Waals surface area contributed by atoms with Crippen molar-refractivity contribution in [2.24, 2.45) is 0 Å². The molecule has 0 fully saturated rings. The molecular formula is C28H27BrN6O. The number of hydrogen-bond donors (Lipinski definition) is 1. The predicted octanol–water partition coefficient (Wildman–Crippen LogP) is 6.03. The number of hydrogen-bond acceptors (Lipinski definition) is 4. The van der Waals surface area contributed by atoms with Crippen LogP contribution in [0.15, 0.2) is 88.3 Å². The Morgan fingerprint density at radius 2 is 1.67 bits per heavy atom. The van der Waals surface area contributed by atoms with Crippen LogP contribution in [-0.4, -0.2) is 29.8 Å². The van der Waals surface area contributed by atoms with Crippen LogP contribution in [0.3, 0.4) is 0 Å². The van der Waals surface area contributed by atoms with Crippen molar-refractivity contribution in [3.8, 4) is 28.2 Å². The quantitative estimate of drug-likeness (QED) is 0.230. The second-order valence-corrected chi connectivity index (χ2v) is 9.60. The molecule has 0 bridgehead atoms. The van der Waals surface area contributed by atoms with Gasteiger partial charge >= 0.3 is 5.69 Å². The van der Waals surface area contributed by atoms with E-state index in [-0.39, 0.29) is 5.69 Å². The Kier molecular flexibility index (Phi) is 7.23. The third-order valence-corrected chi connectivity index (χ3v) is 7.00. The van der Waals surface area contributed by atoms with E-state index in [0.717, 1.165) is 63.8 Å². The summed E-state index contributed by atoms with van der Waals surface area (Å²) in [6.07, 6.45) is 6.21. The molecule has 0 amide bonds. The van der Waals surface area contributed by atoms with Crippen LogP contribution in [0.4, 0.5) is 0 Å². The van der Waals surface area contributed by atoms with Crippen molar-refractivity contribution in [2.75, 3.05) is 0 Å². The third kappa shape index (κ3) is 4.95. The Hall–Kier alpha value is -3.78. The number of aryl methyl sites for hydroxylation is 1. The molecule has 36 heavy (non-hydrogen) atoms. The Bertz CT molecular complexity index is 1500. The number of rotatable bonds is 9.